The molecule has 1 N–H and O–H groups in total. The normalized spacial score (nSPS) is 14.5. The average molecular weight is 550 g/mol. The molecule has 0 atom stereocenters. The quantitative estimate of drug-likeness (QED) is 0.343. The Morgan fingerprint density at radius 1 is 0.927 bits per heavy atom. The van der Waals surface area contributed by atoms with Crippen LogP contribution in [0.25, 0.3) is 11.0 Å². The lowest BCUT2D eigenvalue weighted by Crippen LogP contribution is -2.26. The predicted molar refractivity (Wildman–Crippen MR) is 156 cm³/mol. The summed E-state index contributed by atoms with van der Waals surface area (Å²) in [5.74, 6) is 0.115. The van der Waals surface area contributed by atoms with Gasteiger partial charge in [-0.1, -0.05) is 24.3 Å². The van der Waals surface area contributed by atoms with E-state index in [-0.39, 0.29) is 23.5 Å². The van der Waals surface area contributed by atoms with Crippen molar-refractivity contribution in [1.82, 2.24) is 14.5 Å². The third-order valence-corrected chi connectivity index (χ3v) is 7.94. The molecule has 3 amide bonds. The number of amides is 3. The lowest BCUT2D eigenvalue weighted by molar-refractivity contribution is -0.127. The fourth-order valence-corrected chi connectivity index (χ4v) is 5.65. The molecule has 0 saturated carbocycles. The van der Waals surface area contributed by atoms with Crippen LogP contribution in [0.1, 0.15) is 62.3 Å². The van der Waals surface area contributed by atoms with Crippen molar-refractivity contribution in [2.24, 2.45) is 0 Å². The fraction of sp³-hybridized carbons (Fsp3) is 0.281. The Morgan fingerprint density at radius 3 is 2.54 bits per heavy atom. The SMILES string of the molecule is CN(C(=O)c1ccccc1)c1ccc2c(c1)nc(NC(=O)c1ccc3c(c1)C(=O)CC3)n2CCCN1CCCC1=O. The summed E-state index contributed by atoms with van der Waals surface area (Å²) in [4.78, 5) is 58.9. The number of nitrogens with one attached hydrogen (secondary N) is 1. The smallest absolute Gasteiger partial charge is 0.258 e. The van der Waals surface area contributed by atoms with E-state index in [1.54, 1.807) is 36.2 Å². The summed E-state index contributed by atoms with van der Waals surface area (Å²) in [6.45, 7) is 1.94. The molecule has 1 aromatic heterocycles. The minimum atomic E-state index is -0.352. The Balaban J connectivity index is 1.29. The Hall–Kier alpha value is -4.79. The van der Waals surface area contributed by atoms with Gasteiger partial charge in [0.15, 0.2) is 5.78 Å². The highest BCUT2D eigenvalue weighted by Crippen LogP contribution is 2.28. The van der Waals surface area contributed by atoms with Crippen LogP contribution in [-0.4, -0.2) is 58.1 Å². The standard InChI is InChI=1S/C32H31N5O4/c1-35(31(41)22-7-3-2-4-8-22)24-13-14-27-26(20-24)33-32(37(27)18-6-17-36-16-5-9-29(36)39)34-30(40)23-11-10-21-12-15-28(38)25(21)19-23/h2-4,7-8,10-11,13-14,19-20H,5-6,9,12,15-18H2,1H3,(H,33,34,40). The van der Waals surface area contributed by atoms with E-state index < -0.39 is 0 Å². The molecule has 3 aromatic carbocycles. The van der Waals surface area contributed by atoms with E-state index in [1.807, 2.05) is 51.9 Å². The number of ketones is 1. The number of carbonyl (C=O) groups is 4. The Kier molecular flexibility index (Phi) is 7.09. The summed E-state index contributed by atoms with van der Waals surface area (Å²) in [6, 6.07) is 19.9. The molecule has 2 heterocycles. The van der Waals surface area contributed by atoms with Gasteiger partial charge in [-0.2, -0.15) is 0 Å². The van der Waals surface area contributed by atoms with Crippen LogP contribution in [0.4, 0.5) is 11.6 Å². The Morgan fingerprint density at radius 2 is 1.76 bits per heavy atom. The van der Waals surface area contributed by atoms with Crippen molar-refractivity contribution < 1.29 is 19.2 Å². The number of nitrogens with zero attached hydrogens (tertiary/aromatic N) is 4. The van der Waals surface area contributed by atoms with Crippen molar-refractivity contribution in [1.29, 1.82) is 0 Å². The van der Waals surface area contributed by atoms with E-state index in [1.165, 1.54) is 0 Å². The summed E-state index contributed by atoms with van der Waals surface area (Å²) in [5, 5.41) is 2.95. The summed E-state index contributed by atoms with van der Waals surface area (Å²) in [6.07, 6.45) is 3.35. The van der Waals surface area contributed by atoms with Gasteiger partial charge >= 0.3 is 0 Å². The second-order valence-electron chi connectivity index (χ2n) is 10.6. The maximum atomic E-state index is 13.3. The van der Waals surface area contributed by atoms with Gasteiger partial charge in [-0.25, -0.2) is 4.98 Å². The second kappa shape index (κ2) is 11.0. The number of Topliss-reactive ketones (excluding diaryl/α,β-unsaturated/α-hetero) is 1. The van der Waals surface area contributed by atoms with Crippen molar-refractivity contribution in [3.05, 3.63) is 89.0 Å². The first-order valence-corrected chi connectivity index (χ1v) is 14.0. The van der Waals surface area contributed by atoms with Gasteiger partial charge in [-0.15, -0.1) is 0 Å². The maximum absolute atomic E-state index is 13.3. The molecule has 9 nitrogen and oxygen atoms in total. The van der Waals surface area contributed by atoms with Crippen LogP contribution >= 0.6 is 0 Å². The molecular weight excluding hydrogens is 518 g/mol. The topological polar surface area (TPSA) is 105 Å². The van der Waals surface area contributed by atoms with Crippen molar-refractivity contribution in [3.8, 4) is 0 Å². The number of rotatable bonds is 8. The number of fused-ring (bicyclic) bond motifs is 2. The first-order chi connectivity index (χ1) is 19.9. The molecule has 0 radical (unpaired) electrons. The van der Waals surface area contributed by atoms with Gasteiger partial charge in [0.25, 0.3) is 11.8 Å². The highest BCUT2D eigenvalue weighted by atomic mass is 16.2. The van der Waals surface area contributed by atoms with Crippen molar-refractivity contribution in [2.45, 2.75) is 38.6 Å². The minimum absolute atomic E-state index is 0.0556. The van der Waals surface area contributed by atoms with Gasteiger partial charge in [0.05, 0.1) is 11.0 Å². The third kappa shape index (κ3) is 5.23. The van der Waals surface area contributed by atoms with Crippen LogP contribution in [-0.2, 0) is 17.8 Å². The van der Waals surface area contributed by atoms with Crippen LogP contribution < -0.4 is 10.2 Å². The van der Waals surface area contributed by atoms with E-state index in [4.69, 9.17) is 4.98 Å². The molecule has 41 heavy (non-hydrogen) atoms. The van der Waals surface area contributed by atoms with Gasteiger partial charge in [-0.3, -0.25) is 24.5 Å². The highest BCUT2D eigenvalue weighted by Gasteiger charge is 2.23. The van der Waals surface area contributed by atoms with Crippen molar-refractivity contribution in [3.63, 3.8) is 0 Å². The second-order valence-corrected chi connectivity index (χ2v) is 10.6. The number of hydrogen-bond acceptors (Lipinski definition) is 5. The van der Waals surface area contributed by atoms with Gasteiger partial charge in [0.2, 0.25) is 11.9 Å². The summed E-state index contributed by atoms with van der Waals surface area (Å²) >= 11 is 0. The first kappa shape index (κ1) is 26.4. The van der Waals surface area contributed by atoms with Crippen LogP contribution in [0.15, 0.2) is 66.7 Å². The van der Waals surface area contributed by atoms with Gasteiger partial charge < -0.3 is 14.4 Å². The van der Waals surface area contributed by atoms with Crippen LogP contribution in [0, 0.1) is 0 Å². The average Bonchev–Trinajstić information content (AvgIpc) is 3.68. The molecular formula is C32H31N5O4. The van der Waals surface area contributed by atoms with Crippen molar-refractivity contribution in [2.75, 3.05) is 30.4 Å². The summed E-state index contributed by atoms with van der Waals surface area (Å²) in [7, 11) is 1.72. The van der Waals surface area contributed by atoms with Gasteiger partial charge in [0.1, 0.15) is 0 Å². The Bertz CT molecular complexity index is 1680. The van der Waals surface area contributed by atoms with E-state index in [2.05, 4.69) is 5.32 Å². The lowest BCUT2D eigenvalue weighted by atomic mass is 10.1. The summed E-state index contributed by atoms with van der Waals surface area (Å²) in [5.41, 5.74) is 4.67. The fourth-order valence-electron chi connectivity index (χ4n) is 5.65. The molecule has 0 unspecified atom stereocenters. The molecule has 1 saturated heterocycles. The monoisotopic (exact) mass is 549 g/mol. The molecule has 0 bridgehead atoms. The number of hydrogen-bond donors (Lipinski definition) is 1. The van der Waals surface area contributed by atoms with E-state index in [0.29, 0.717) is 72.6 Å². The first-order valence-electron chi connectivity index (χ1n) is 14.0. The van der Waals surface area contributed by atoms with Gasteiger partial charge in [0, 0.05) is 61.9 Å². The number of benzene rings is 3. The minimum Gasteiger partial charge on any atom is -0.343 e. The number of likely N-dealkylation sites (tertiary alicyclic amines) is 1. The van der Waals surface area contributed by atoms with Crippen molar-refractivity contribution >= 4 is 46.2 Å². The molecule has 1 aliphatic carbocycles. The number of aromatic nitrogens is 2. The number of anilines is 2. The molecule has 1 aliphatic heterocycles. The molecule has 4 aromatic rings. The number of imidazole rings is 1. The molecule has 6 rings (SSSR count). The van der Waals surface area contributed by atoms with E-state index >= 15 is 0 Å². The molecule has 9 heteroatoms. The molecule has 0 spiro atoms. The highest BCUT2D eigenvalue weighted by molar-refractivity contribution is 6.08. The van der Waals surface area contributed by atoms with Crippen LogP contribution in [0.2, 0.25) is 0 Å². The third-order valence-electron chi connectivity index (χ3n) is 7.94. The molecule has 208 valence electrons. The Labute approximate surface area is 237 Å². The zero-order valence-electron chi connectivity index (χ0n) is 22.9. The number of aryl methyl sites for hydroxylation is 2. The lowest BCUT2D eigenvalue weighted by Gasteiger charge is -2.18. The van der Waals surface area contributed by atoms with Crippen LogP contribution in [0.3, 0.4) is 0 Å². The molecule has 2 aliphatic rings. The van der Waals surface area contributed by atoms with Gasteiger partial charge in [-0.05, 0) is 67.3 Å². The zero-order valence-corrected chi connectivity index (χ0v) is 22.9. The van der Waals surface area contributed by atoms with E-state index in [0.717, 1.165) is 24.0 Å². The predicted octanol–water partition coefficient (Wildman–Crippen LogP) is 4.71. The molecule has 1 fully saturated rings. The van der Waals surface area contributed by atoms with Crippen LogP contribution in [0.5, 0.6) is 0 Å². The largest absolute Gasteiger partial charge is 0.343 e. The number of carbonyl (C=O) groups excluding carboxylic acids is 4. The zero-order chi connectivity index (χ0) is 28.5. The summed E-state index contributed by atoms with van der Waals surface area (Å²) < 4.78 is 1.94. The maximum Gasteiger partial charge on any atom is 0.258 e. The van der Waals surface area contributed by atoms with E-state index in [9.17, 15) is 19.2 Å².